The number of carbonyl (C=O) groups excluding carboxylic acids is 2. The third-order valence-corrected chi connectivity index (χ3v) is 7.61. The van der Waals surface area contributed by atoms with E-state index in [1.807, 2.05) is 25.1 Å². The van der Waals surface area contributed by atoms with Gasteiger partial charge in [-0.05, 0) is 49.9 Å². The number of halogens is 1. The van der Waals surface area contributed by atoms with Gasteiger partial charge in [-0.3, -0.25) is 9.59 Å². The van der Waals surface area contributed by atoms with Crippen LogP contribution in [-0.2, 0) is 6.42 Å². The molecule has 2 N–H and O–H groups in total. The summed E-state index contributed by atoms with van der Waals surface area (Å²) in [6, 6.07) is 11.4. The molecule has 1 amide bonds. The number of carbonyl (C=O) groups is 2. The summed E-state index contributed by atoms with van der Waals surface area (Å²) in [5, 5.41) is 8.92. The molecule has 0 radical (unpaired) electrons. The SMILES string of the molecule is CCc1cccc(C(=O)c2ccc(-c3nn(C4CCCN(C(=O)c5cnoc5C)C4)c4ncnc(N)c34)c(F)c2)c1. The largest absolute Gasteiger partial charge is 0.383 e. The average molecular weight is 554 g/mol. The molecule has 1 aliphatic heterocycles. The second-order valence-corrected chi connectivity index (χ2v) is 10.2. The highest BCUT2D eigenvalue weighted by Crippen LogP contribution is 2.35. The molecule has 3 aromatic heterocycles. The van der Waals surface area contributed by atoms with Crippen molar-refractivity contribution in [1.82, 2.24) is 29.8 Å². The number of hydrogen-bond donors (Lipinski definition) is 1. The normalized spacial score (nSPS) is 15.4. The van der Waals surface area contributed by atoms with E-state index in [1.54, 1.807) is 28.6 Å². The van der Waals surface area contributed by atoms with E-state index in [0.717, 1.165) is 24.8 Å². The molecule has 0 aliphatic carbocycles. The number of fused-ring (bicyclic) bond motifs is 1. The number of nitrogens with zero attached hydrogens (tertiary/aromatic N) is 6. The molecule has 0 spiro atoms. The number of nitrogens with two attached hydrogens (primary N) is 1. The number of likely N-dealkylation sites (tertiary alicyclic amines) is 1. The Morgan fingerprint density at radius 3 is 2.73 bits per heavy atom. The molecule has 6 rings (SSSR count). The maximum Gasteiger partial charge on any atom is 0.259 e. The fraction of sp³-hybridized carbons (Fsp3) is 0.267. The van der Waals surface area contributed by atoms with Gasteiger partial charge in [0.15, 0.2) is 11.4 Å². The van der Waals surface area contributed by atoms with Gasteiger partial charge in [0.1, 0.15) is 35.0 Å². The maximum absolute atomic E-state index is 15.7. The van der Waals surface area contributed by atoms with Gasteiger partial charge < -0.3 is 15.2 Å². The Morgan fingerprint density at radius 2 is 1.98 bits per heavy atom. The van der Waals surface area contributed by atoms with Gasteiger partial charge in [-0.15, -0.1) is 0 Å². The van der Waals surface area contributed by atoms with Crippen LogP contribution in [0.25, 0.3) is 22.3 Å². The molecule has 1 saturated heterocycles. The molecule has 208 valence electrons. The second kappa shape index (κ2) is 10.6. The topological polar surface area (TPSA) is 133 Å². The first-order valence-corrected chi connectivity index (χ1v) is 13.5. The van der Waals surface area contributed by atoms with E-state index in [1.165, 1.54) is 24.7 Å². The van der Waals surface area contributed by atoms with Gasteiger partial charge in [0.2, 0.25) is 0 Å². The minimum Gasteiger partial charge on any atom is -0.383 e. The van der Waals surface area contributed by atoms with Gasteiger partial charge in [-0.25, -0.2) is 19.0 Å². The molecule has 4 heterocycles. The lowest BCUT2D eigenvalue weighted by molar-refractivity contribution is 0.0673. The Kier molecular flexibility index (Phi) is 6.78. The van der Waals surface area contributed by atoms with Gasteiger partial charge in [0, 0.05) is 29.8 Å². The zero-order chi connectivity index (χ0) is 28.7. The Bertz CT molecular complexity index is 1790. The highest BCUT2D eigenvalue weighted by molar-refractivity contribution is 6.09. The number of amides is 1. The van der Waals surface area contributed by atoms with Crippen LogP contribution in [0.4, 0.5) is 10.2 Å². The lowest BCUT2D eigenvalue weighted by atomic mass is 9.98. The molecule has 1 unspecified atom stereocenters. The zero-order valence-electron chi connectivity index (χ0n) is 22.7. The summed E-state index contributed by atoms with van der Waals surface area (Å²) >= 11 is 0. The van der Waals surface area contributed by atoms with Crippen molar-refractivity contribution in [3.05, 3.63) is 88.8 Å². The molecule has 11 heteroatoms. The minimum absolute atomic E-state index is 0.163. The van der Waals surface area contributed by atoms with Gasteiger partial charge in [0.05, 0.1) is 17.6 Å². The van der Waals surface area contributed by atoms with Crippen molar-refractivity contribution < 1.29 is 18.5 Å². The summed E-state index contributed by atoms with van der Waals surface area (Å²) in [5.74, 6) is -0.425. The molecular weight excluding hydrogens is 525 g/mol. The number of aryl methyl sites for hydroxylation is 2. The van der Waals surface area contributed by atoms with Crippen molar-refractivity contribution in [3.8, 4) is 11.3 Å². The first-order valence-electron chi connectivity index (χ1n) is 13.5. The van der Waals surface area contributed by atoms with Crippen LogP contribution in [-0.4, -0.2) is 54.6 Å². The number of piperidine rings is 1. The summed E-state index contributed by atoms with van der Waals surface area (Å²) in [4.78, 5) is 36.6. The van der Waals surface area contributed by atoms with Crippen molar-refractivity contribution >= 4 is 28.5 Å². The molecule has 2 aromatic carbocycles. The number of ketones is 1. The Labute approximate surface area is 235 Å². The number of aromatic nitrogens is 5. The quantitative estimate of drug-likeness (QED) is 0.297. The number of nitrogen functional groups attached to an aromatic ring is 1. The van der Waals surface area contributed by atoms with Crippen LogP contribution >= 0.6 is 0 Å². The van der Waals surface area contributed by atoms with Crippen molar-refractivity contribution in [3.63, 3.8) is 0 Å². The molecule has 5 aromatic rings. The number of anilines is 1. The molecule has 41 heavy (non-hydrogen) atoms. The van der Waals surface area contributed by atoms with Crippen LogP contribution in [0.1, 0.15) is 63.4 Å². The molecule has 10 nitrogen and oxygen atoms in total. The summed E-state index contributed by atoms with van der Waals surface area (Å²) in [6.07, 6.45) is 5.03. The van der Waals surface area contributed by atoms with Crippen molar-refractivity contribution in [2.75, 3.05) is 18.8 Å². The molecule has 1 aliphatic rings. The van der Waals surface area contributed by atoms with E-state index in [9.17, 15) is 9.59 Å². The predicted octanol–water partition coefficient (Wildman–Crippen LogP) is 4.78. The molecular formula is C30H28FN7O3. The van der Waals surface area contributed by atoms with Crippen LogP contribution < -0.4 is 5.73 Å². The third-order valence-electron chi connectivity index (χ3n) is 7.61. The molecule has 1 atom stereocenters. The van der Waals surface area contributed by atoms with E-state index in [-0.39, 0.29) is 40.4 Å². The minimum atomic E-state index is -0.610. The van der Waals surface area contributed by atoms with Crippen molar-refractivity contribution in [2.45, 2.75) is 39.2 Å². The first kappa shape index (κ1) is 26.3. The van der Waals surface area contributed by atoms with Gasteiger partial charge in [-0.1, -0.05) is 36.3 Å². The van der Waals surface area contributed by atoms with E-state index in [4.69, 9.17) is 15.4 Å². The maximum atomic E-state index is 15.7. The third kappa shape index (κ3) is 4.73. The van der Waals surface area contributed by atoms with Crippen molar-refractivity contribution in [2.24, 2.45) is 0 Å². The van der Waals surface area contributed by atoms with Crippen LogP contribution in [0.15, 0.2) is 59.5 Å². The molecule has 1 fully saturated rings. The standard InChI is InChI=1S/C30H28FN7O3/c1-3-18-6-4-7-19(12-18)27(39)20-9-10-22(24(31)13-20)26-25-28(32)33-16-34-29(25)38(36-26)21-8-5-11-37(15-21)30(40)23-14-35-41-17(23)2/h4,6-7,9-10,12-14,16,21H,3,5,8,11,15H2,1-2H3,(H2,32,33,34). The highest BCUT2D eigenvalue weighted by Gasteiger charge is 2.31. The lowest BCUT2D eigenvalue weighted by Gasteiger charge is -2.32. The van der Waals surface area contributed by atoms with Crippen LogP contribution in [0.3, 0.4) is 0 Å². The smallest absolute Gasteiger partial charge is 0.259 e. The second-order valence-electron chi connectivity index (χ2n) is 10.2. The predicted molar refractivity (Wildman–Crippen MR) is 150 cm³/mol. The van der Waals surface area contributed by atoms with Gasteiger partial charge in [-0.2, -0.15) is 5.10 Å². The van der Waals surface area contributed by atoms with E-state index < -0.39 is 5.82 Å². The van der Waals surface area contributed by atoms with Crippen LogP contribution in [0.5, 0.6) is 0 Å². The van der Waals surface area contributed by atoms with E-state index >= 15 is 4.39 Å². The lowest BCUT2D eigenvalue weighted by Crippen LogP contribution is -2.41. The number of hydrogen-bond acceptors (Lipinski definition) is 8. The Hall–Kier alpha value is -4.93. The number of benzene rings is 2. The Morgan fingerprint density at radius 1 is 1.15 bits per heavy atom. The first-order chi connectivity index (χ1) is 19.9. The summed E-state index contributed by atoms with van der Waals surface area (Å²) in [5.41, 5.74) is 9.35. The fourth-order valence-electron chi connectivity index (χ4n) is 5.40. The van der Waals surface area contributed by atoms with Crippen LogP contribution in [0, 0.1) is 12.7 Å². The molecule has 0 saturated carbocycles. The van der Waals surface area contributed by atoms with E-state index in [2.05, 4.69) is 15.1 Å². The van der Waals surface area contributed by atoms with Crippen LogP contribution in [0.2, 0.25) is 0 Å². The van der Waals surface area contributed by atoms with Gasteiger partial charge in [0.25, 0.3) is 5.91 Å². The van der Waals surface area contributed by atoms with Crippen molar-refractivity contribution in [1.29, 1.82) is 0 Å². The Balaban J connectivity index is 1.36. The molecule has 0 bridgehead atoms. The highest BCUT2D eigenvalue weighted by atomic mass is 19.1. The van der Waals surface area contributed by atoms with E-state index in [0.29, 0.717) is 41.0 Å². The number of rotatable bonds is 6. The fourth-order valence-corrected chi connectivity index (χ4v) is 5.40. The zero-order valence-corrected chi connectivity index (χ0v) is 22.7. The summed E-state index contributed by atoms with van der Waals surface area (Å²) in [7, 11) is 0. The summed E-state index contributed by atoms with van der Waals surface area (Å²) < 4.78 is 22.5. The summed E-state index contributed by atoms with van der Waals surface area (Å²) in [6.45, 7) is 4.66. The average Bonchev–Trinajstić information content (AvgIpc) is 3.61. The monoisotopic (exact) mass is 553 g/mol. The van der Waals surface area contributed by atoms with Gasteiger partial charge >= 0.3 is 0 Å².